The summed E-state index contributed by atoms with van der Waals surface area (Å²) in [6.45, 7) is 2.29. The van der Waals surface area contributed by atoms with Crippen LogP contribution in [0.5, 0.6) is 0 Å². The molecule has 3 rings (SSSR count). The van der Waals surface area contributed by atoms with Crippen molar-refractivity contribution in [3.8, 4) is 0 Å². The van der Waals surface area contributed by atoms with Gasteiger partial charge in [0.1, 0.15) is 0 Å². The molecule has 20 heavy (non-hydrogen) atoms. The van der Waals surface area contributed by atoms with E-state index in [1.165, 1.54) is 0 Å². The summed E-state index contributed by atoms with van der Waals surface area (Å²) in [6.07, 6.45) is 4.14. The van der Waals surface area contributed by atoms with Crippen molar-refractivity contribution in [2.45, 2.75) is 12.5 Å². The Morgan fingerprint density at radius 3 is 3.05 bits per heavy atom. The molecule has 0 atom stereocenters. The molecule has 3 heterocycles. The van der Waals surface area contributed by atoms with Gasteiger partial charge in [0.2, 0.25) is 0 Å². The molecule has 0 aliphatic carbocycles. The first-order valence-corrected chi connectivity index (χ1v) is 6.63. The van der Waals surface area contributed by atoms with Crippen molar-refractivity contribution < 1.29 is 4.79 Å². The summed E-state index contributed by atoms with van der Waals surface area (Å²) in [5.74, 6) is -0.195. The summed E-state index contributed by atoms with van der Waals surface area (Å²) in [7, 11) is 0. The molecule has 0 radical (unpaired) electrons. The monoisotopic (exact) mass is 272 g/mol. The second-order valence-electron chi connectivity index (χ2n) is 4.72. The van der Waals surface area contributed by atoms with Crippen LogP contribution in [-0.4, -0.2) is 45.5 Å². The Bertz CT molecular complexity index is 578. The van der Waals surface area contributed by atoms with E-state index in [2.05, 4.69) is 25.9 Å². The second-order valence-corrected chi connectivity index (χ2v) is 4.72. The van der Waals surface area contributed by atoms with E-state index in [1.54, 1.807) is 17.1 Å². The summed E-state index contributed by atoms with van der Waals surface area (Å²) < 4.78 is 1.74. The van der Waals surface area contributed by atoms with Crippen LogP contribution in [0.2, 0.25) is 0 Å². The number of rotatable bonds is 5. The summed E-state index contributed by atoms with van der Waals surface area (Å²) in [6, 6.07) is 6.06. The van der Waals surface area contributed by atoms with Crippen molar-refractivity contribution in [3.63, 3.8) is 0 Å². The molecule has 1 saturated heterocycles. The molecule has 1 aliphatic heterocycles. The lowest BCUT2D eigenvalue weighted by Gasteiger charge is -2.26. The number of hydrogen-bond donors (Lipinski definition) is 2. The van der Waals surface area contributed by atoms with Crippen LogP contribution >= 0.6 is 0 Å². The van der Waals surface area contributed by atoms with Crippen molar-refractivity contribution in [1.29, 1.82) is 0 Å². The van der Waals surface area contributed by atoms with Crippen LogP contribution in [0.1, 0.15) is 22.2 Å². The second kappa shape index (κ2) is 5.79. The van der Waals surface area contributed by atoms with Gasteiger partial charge in [-0.25, -0.2) is 4.68 Å². The van der Waals surface area contributed by atoms with Crippen LogP contribution in [-0.2, 0) is 6.42 Å². The number of amides is 1. The first-order chi connectivity index (χ1) is 9.83. The standard InChI is InChI=1S/C13H16N6O/c20-13(16-6-4-10-3-1-2-5-15-10)12-9-19(18-17-12)11-7-14-8-11/h1-3,5,9,11,14H,4,6-8H2,(H,16,20). The van der Waals surface area contributed by atoms with Crippen LogP contribution in [0.4, 0.5) is 0 Å². The largest absolute Gasteiger partial charge is 0.350 e. The molecule has 2 aromatic rings. The van der Waals surface area contributed by atoms with Crippen molar-refractivity contribution in [1.82, 2.24) is 30.6 Å². The minimum absolute atomic E-state index is 0.195. The number of carbonyl (C=O) groups is 1. The predicted molar refractivity (Wildman–Crippen MR) is 72.2 cm³/mol. The van der Waals surface area contributed by atoms with Gasteiger partial charge in [0, 0.05) is 37.9 Å². The van der Waals surface area contributed by atoms with E-state index in [4.69, 9.17) is 0 Å². The third-order valence-electron chi connectivity index (χ3n) is 3.27. The van der Waals surface area contributed by atoms with Crippen LogP contribution in [0.25, 0.3) is 0 Å². The lowest BCUT2D eigenvalue weighted by atomic mass is 10.2. The van der Waals surface area contributed by atoms with Gasteiger partial charge in [-0.1, -0.05) is 11.3 Å². The summed E-state index contributed by atoms with van der Waals surface area (Å²) in [5.41, 5.74) is 1.31. The molecule has 2 aromatic heterocycles. The Balaban J connectivity index is 1.50. The normalized spacial score (nSPS) is 14.8. The van der Waals surface area contributed by atoms with Gasteiger partial charge in [-0.3, -0.25) is 9.78 Å². The van der Waals surface area contributed by atoms with Gasteiger partial charge in [0.05, 0.1) is 12.2 Å². The van der Waals surface area contributed by atoms with Gasteiger partial charge < -0.3 is 10.6 Å². The van der Waals surface area contributed by atoms with E-state index < -0.39 is 0 Å². The minimum atomic E-state index is -0.195. The molecule has 0 bridgehead atoms. The van der Waals surface area contributed by atoms with Gasteiger partial charge in [0.15, 0.2) is 5.69 Å². The Hall–Kier alpha value is -2.28. The molecule has 0 aromatic carbocycles. The lowest BCUT2D eigenvalue weighted by Crippen LogP contribution is -2.43. The topological polar surface area (TPSA) is 84.7 Å². The first-order valence-electron chi connectivity index (χ1n) is 6.63. The highest BCUT2D eigenvalue weighted by molar-refractivity contribution is 5.91. The number of aromatic nitrogens is 4. The van der Waals surface area contributed by atoms with Crippen molar-refractivity contribution in [2.75, 3.05) is 19.6 Å². The van der Waals surface area contributed by atoms with Crippen molar-refractivity contribution >= 4 is 5.91 Å². The lowest BCUT2D eigenvalue weighted by molar-refractivity contribution is 0.0949. The van der Waals surface area contributed by atoms with Crippen molar-refractivity contribution in [2.24, 2.45) is 0 Å². The first kappa shape index (κ1) is 12.7. The number of hydrogen-bond acceptors (Lipinski definition) is 5. The van der Waals surface area contributed by atoms with E-state index in [1.807, 2.05) is 18.2 Å². The molecule has 2 N–H and O–H groups in total. The summed E-state index contributed by atoms with van der Waals surface area (Å²) in [4.78, 5) is 16.1. The zero-order chi connectivity index (χ0) is 13.8. The van der Waals surface area contributed by atoms with E-state index in [0.29, 0.717) is 24.7 Å². The zero-order valence-corrected chi connectivity index (χ0v) is 11.0. The molecule has 1 amide bonds. The fraction of sp³-hybridized carbons (Fsp3) is 0.385. The van der Waals surface area contributed by atoms with Gasteiger partial charge in [-0.05, 0) is 12.1 Å². The minimum Gasteiger partial charge on any atom is -0.350 e. The molecule has 7 nitrogen and oxygen atoms in total. The number of pyridine rings is 1. The number of nitrogens with zero attached hydrogens (tertiary/aromatic N) is 4. The van der Waals surface area contributed by atoms with Crippen LogP contribution < -0.4 is 10.6 Å². The Morgan fingerprint density at radius 1 is 1.45 bits per heavy atom. The third-order valence-corrected chi connectivity index (χ3v) is 3.27. The van der Waals surface area contributed by atoms with Crippen LogP contribution in [0, 0.1) is 0 Å². The predicted octanol–water partition coefficient (Wildman–Crippen LogP) is -0.210. The quantitative estimate of drug-likeness (QED) is 0.786. The van der Waals surface area contributed by atoms with Gasteiger partial charge in [-0.2, -0.15) is 0 Å². The highest BCUT2D eigenvalue weighted by Gasteiger charge is 2.21. The van der Waals surface area contributed by atoms with E-state index in [0.717, 1.165) is 18.8 Å². The summed E-state index contributed by atoms with van der Waals surface area (Å²) in [5, 5.41) is 13.9. The Labute approximate surface area is 116 Å². The average molecular weight is 272 g/mol. The molecule has 7 heteroatoms. The smallest absolute Gasteiger partial charge is 0.273 e. The van der Waals surface area contributed by atoms with Crippen molar-refractivity contribution in [3.05, 3.63) is 42.0 Å². The SMILES string of the molecule is O=C(NCCc1ccccn1)c1cn(C2CNC2)nn1. The summed E-state index contributed by atoms with van der Waals surface area (Å²) >= 11 is 0. The van der Waals surface area contributed by atoms with Gasteiger partial charge in [-0.15, -0.1) is 5.10 Å². The van der Waals surface area contributed by atoms with Crippen LogP contribution in [0.3, 0.4) is 0 Å². The maximum absolute atomic E-state index is 11.9. The molecule has 0 spiro atoms. The van der Waals surface area contributed by atoms with E-state index >= 15 is 0 Å². The fourth-order valence-electron chi connectivity index (χ4n) is 1.96. The van der Waals surface area contributed by atoms with Gasteiger partial charge >= 0.3 is 0 Å². The fourth-order valence-corrected chi connectivity index (χ4v) is 1.96. The Kier molecular flexibility index (Phi) is 3.69. The molecule has 1 aliphatic rings. The molecule has 104 valence electrons. The third kappa shape index (κ3) is 2.83. The molecule has 0 unspecified atom stereocenters. The molecular formula is C13H16N6O. The number of carbonyl (C=O) groups excluding carboxylic acids is 1. The highest BCUT2D eigenvalue weighted by Crippen LogP contribution is 2.09. The zero-order valence-electron chi connectivity index (χ0n) is 11.0. The molecular weight excluding hydrogens is 256 g/mol. The highest BCUT2D eigenvalue weighted by atomic mass is 16.2. The molecule has 1 fully saturated rings. The number of nitrogens with one attached hydrogen (secondary N) is 2. The molecule has 0 saturated carbocycles. The average Bonchev–Trinajstić information content (AvgIpc) is 2.87. The maximum Gasteiger partial charge on any atom is 0.273 e. The van der Waals surface area contributed by atoms with Crippen LogP contribution in [0.15, 0.2) is 30.6 Å². The van der Waals surface area contributed by atoms with Gasteiger partial charge in [0.25, 0.3) is 5.91 Å². The van der Waals surface area contributed by atoms with E-state index in [-0.39, 0.29) is 5.91 Å². The van der Waals surface area contributed by atoms with E-state index in [9.17, 15) is 4.79 Å². The maximum atomic E-state index is 11.9. The Morgan fingerprint density at radius 2 is 2.35 bits per heavy atom.